The highest BCUT2D eigenvalue weighted by Gasteiger charge is 2.18. The zero-order valence-corrected chi connectivity index (χ0v) is 12.5. The summed E-state index contributed by atoms with van der Waals surface area (Å²) in [4.78, 5) is 0. The van der Waals surface area contributed by atoms with Crippen LogP contribution < -0.4 is 5.73 Å². The topological polar surface area (TPSA) is 35.2 Å². The van der Waals surface area contributed by atoms with E-state index in [1.54, 1.807) is 0 Å². The highest BCUT2D eigenvalue weighted by molar-refractivity contribution is 14.1. The molecule has 1 aromatic carbocycles. The number of halogens is 2. The van der Waals surface area contributed by atoms with Crippen LogP contribution in [0.3, 0.4) is 0 Å². The summed E-state index contributed by atoms with van der Waals surface area (Å²) in [5, 5.41) is 0. The van der Waals surface area contributed by atoms with Crippen LogP contribution in [0.2, 0.25) is 0 Å². The maximum absolute atomic E-state index is 6.22. The van der Waals surface area contributed by atoms with Gasteiger partial charge in [0.05, 0.1) is 12.6 Å². The predicted molar refractivity (Wildman–Crippen MR) is 77.1 cm³/mol. The molecule has 86 valence electrons. The molecule has 0 radical (unpaired) electrons. The van der Waals surface area contributed by atoms with Crippen LogP contribution >= 0.6 is 38.5 Å². The normalized spacial score (nSPS) is 17.6. The summed E-state index contributed by atoms with van der Waals surface area (Å²) in [6.07, 6.45) is 4.25. The first-order valence-corrected chi connectivity index (χ1v) is 7.09. The highest BCUT2D eigenvalue weighted by atomic mass is 127. The van der Waals surface area contributed by atoms with Gasteiger partial charge in [-0.2, -0.15) is 0 Å². The molecule has 0 saturated carbocycles. The predicted octanol–water partition coefficient (Wildman–Crippen LogP) is 3.75. The van der Waals surface area contributed by atoms with Crippen LogP contribution in [0.15, 0.2) is 34.5 Å². The van der Waals surface area contributed by atoms with E-state index < -0.39 is 0 Å². The van der Waals surface area contributed by atoms with E-state index in [0.717, 1.165) is 35.2 Å². The summed E-state index contributed by atoms with van der Waals surface area (Å²) >= 11 is 5.77. The van der Waals surface area contributed by atoms with Crippen molar-refractivity contribution in [3.05, 3.63) is 43.6 Å². The molecule has 0 amide bonds. The van der Waals surface area contributed by atoms with E-state index in [0.29, 0.717) is 0 Å². The molecule has 1 atom stereocenters. The average Bonchev–Trinajstić information content (AvgIpc) is 2.32. The standard InChI is InChI=1S/C12H13BrINO/c13-8-4-5-10(14)9(7-8)12(15)11-3-1-2-6-16-11/h3-5,7,12H,1-2,6,15H2. The van der Waals surface area contributed by atoms with E-state index in [1.165, 1.54) is 3.57 Å². The van der Waals surface area contributed by atoms with Gasteiger partial charge in [0, 0.05) is 8.04 Å². The molecule has 1 aromatic rings. The summed E-state index contributed by atoms with van der Waals surface area (Å²) in [6.45, 7) is 0.782. The minimum atomic E-state index is -0.148. The second kappa shape index (κ2) is 5.51. The molecule has 2 N–H and O–H groups in total. The maximum atomic E-state index is 6.22. The van der Waals surface area contributed by atoms with Crippen molar-refractivity contribution in [3.8, 4) is 0 Å². The minimum Gasteiger partial charge on any atom is -0.496 e. The average molecular weight is 394 g/mol. The fourth-order valence-corrected chi connectivity index (χ4v) is 2.75. The smallest absolute Gasteiger partial charge is 0.113 e. The fourth-order valence-electron chi connectivity index (χ4n) is 1.70. The van der Waals surface area contributed by atoms with Crippen molar-refractivity contribution in [2.24, 2.45) is 5.73 Å². The van der Waals surface area contributed by atoms with Gasteiger partial charge in [-0.15, -0.1) is 0 Å². The van der Waals surface area contributed by atoms with Crippen molar-refractivity contribution < 1.29 is 4.74 Å². The van der Waals surface area contributed by atoms with Gasteiger partial charge in [0.15, 0.2) is 0 Å². The van der Waals surface area contributed by atoms with Crippen molar-refractivity contribution in [1.82, 2.24) is 0 Å². The Morgan fingerprint density at radius 1 is 1.44 bits per heavy atom. The molecule has 0 aromatic heterocycles. The van der Waals surface area contributed by atoms with Crippen LogP contribution in [0.4, 0.5) is 0 Å². The molecule has 0 bridgehead atoms. The number of allylic oxidation sites excluding steroid dienone is 1. The Morgan fingerprint density at radius 2 is 2.25 bits per heavy atom. The maximum Gasteiger partial charge on any atom is 0.113 e. The van der Waals surface area contributed by atoms with Gasteiger partial charge in [0.2, 0.25) is 0 Å². The number of hydrogen-bond donors (Lipinski definition) is 1. The van der Waals surface area contributed by atoms with Crippen molar-refractivity contribution >= 4 is 38.5 Å². The lowest BCUT2D eigenvalue weighted by atomic mass is 10.0. The molecule has 2 rings (SSSR count). The van der Waals surface area contributed by atoms with Crippen LogP contribution in [0, 0.1) is 3.57 Å². The Bertz CT molecular complexity index is 419. The third kappa shape index (κ3) is 2.78. The SMILES string of the molecule is NC(C1=CCCCO1)c1cc(Br)ccc1I. The molecule has 0 spiro atoms. The van der Waals surface area contributed by atoms with Crippen LogP contribution in [-0.4, -0.2) is 6.61 Å². The third-order valence-corrected chi connectivity index (χ3v) is 4.04. The number of hydrogen-bond acceptors (Lipinski definition) is 2. The molecule has 0 fully saturated rings. The second-order valence-electron chi connectivity index (χ2n) is 3.74. The van der Waals surface area contributed by atoms with Crippen LogP contribution in [0.5, 0.6) is 0 Å². The minimum absolute atomic E-state index is 0.148. The molecule has 2 nitrogen and oxygen atoms in total. The zero-order chi connectivity index (χ0) is 11.5. The van der Waals surface area contributed by atoms with E-state index in [2.05, 4.69) is 56.7 Å². The Kier molecular flexibility index (Phi) is 4.27. The Hall–Kier alpha value is -0.0700. The number of benzene rings is 1. The lowest BCUT2D eigenvalue weighted by molar-refractivity contribution is 0.175. The number of nitrogens with two attached hydrogens (primary N) is 1. The first-order chi connectivity index (χ1) is 7.68. The first-order valence-electron chi connectivity index (χ1n) is 5.22. The molecule has 0 saturated heterocycles. The monoisotopic (exact) mass is 393 g/mol. The summed E-state index contributed by atoms with van der Waals surface area (Å²) in [6, 6.07) is 5.99. The molecule has 1 unspecified atom stereocenters. The summed E-state index contributed by atoms with van der Waals surface area (Å²) in [5.41, 5.74) is 7.33. The van der Waals surface area contributed by atoms with Gasteiger partial charge < -0.3 is 10.5 Å². The lowest BCUT2D eigenvalue weighted by Gasteiger charge is -2.21. The zero-order valence-electron chi connectivity index (χ0n) is 8.75. The number of ether oxygens (including phenoxy) is 1. The van der Waals surface area contributed by atoms with Crippen molar-refractivity contribution in [2.75, 3.05) is 6.61 Å². The van der Waals surface area contributed by atoms with E-state index in [1.807, 2.05) is 6.07 Å². The van der Waals surface area contributed by atoms with Gasteiger partial charge >= 0.3 is 0 Å². The Balaban J connectivity index is 2.29. The molecule has 1 heterocycles. The second-order valence-corrected chi connectivity index (χ2v) is 5.82. The molecular weight excluding hydrogens is 381 g/mol. The Morgan fingerprint density at radius 3 is 2.94 bits per heavy atom. The largest absolute Gasteiger partial charge is 0.496 e. The van der Waals surface area contributed by atoms with Gasteiger partial charge in [-0.25, -0.2) is 0 Å². The van der Waals surface area contributed by atoms with Gasteiger partial charge in [-0.05, 0) is 65.3 Å². The van der Waals surface area contributed by atoms with Gasteiger partial charge in [0.25, 0.3) is 0 Å². The van der Waals surface area contributed by atoms with E-state index in [-0.39, 0.29) is 6.04 Å². The lowest BCUT2D eigenvalue weighted by Crippen LogP contribution is -2.18. The molecule has 16 heavy (non-hydrogen) atoms. The number of rotatable bonds is 2. The van der Waals surface area contributed by atoms with Crippen LogP contribution in [-0.2, 0) is 4.74 Å². The molecule has 1 aliphatic heterocycles. The van der Waals surface area contributed by atoms with Crippen molar-refractivity contribution in [2.45, 2.75) is 18.9 Å². The van der Waals surface area contributed by atoms with Crippen LogP contribution in [0.1, 0.15) is 24.4 Å². The Labute approximate surface area is 118 Å². The van der Waals surface area contributed by atoms with Gasteiger partial charge in [-0.3, -0.25) is 0 Å². The third-order valence-electron chi connectivity index (χ3n) is 2.56. The molecular formula is C12H13BrINO. The highest BCUT2D eigenvalue weighted by Crippen LogP contribution is 2.29. The van der Waals surface area contributed by atoms with Gasteiger partial charge in [-0.1, -0.05) is 15.9 Å². The summed E-state index contributed by atoms with van der Waals surface area (Å²) in [7, 11) is 0. The first kappa shape index (κ1) is 12.4. The van der Waals surface area contributed by atoms with E-state index in [9.17, 15) is 0 Å². The van der Waals surface area contributed by atoms with E-state index >= 15 is 0 Å². The van der Waals surface area contributed by atoms with Crippen molar-refractivity contribution in [3.63, 3.8) is 0 Å². The summed E-state index contributed by atoms with van der Waals surface area (Å²) in [5.74, 6) is 0.905. The fraction of sp³-hybridized carbons (Fsp3) is 0.333. The summed E-state index contributed by atoms with van der Waals surface area (Å²) < 4.78 is 7.83. The molecule has 4 heteroatoms. The van der Waals surface area contributed by atoms with Gasteiger partial charge in [0.1, 0.15) is 5.76 Å². The molecule has 0 aliphatic carbocycles. The van der Waals surface area contributed by atoms with Crippen LogP contribution in [0.25, 0.3) is 0 Å². The van der Waals surface area contributed by atoms with Crippen molar-refractivity contribution in [1.29, 1.82) is 0 Å². The quantitative estimate of drug-likeness (QED) is 0.776. The molecule has 1 aliphatic rings. The van der Waals surface area contributed by atoms with E-state index in [4.69, 9.17) is 10.5 Å².